The highest BCUT2D eigenvalue weighted by Crippen LogP contribution is 2.50. The first kappa shape index (κ1) is 26.7. The molecule has 8 heteroatoms. The van der Waals surface area contributed by atoms with Crippen LogP contribution in [-0.4, -0.2) is 61.7 Å². The van der Waals surface area contributed by atoms with E-state index >= 15 is 0 Å². The quantitative estimate of drug-likeness (QED) is 0.485. The van der Waals surface area contributed by atoms with Gasteiger partial charge < -0.3 is 34.1 Å². The van der Waals surface area contributed by atoms with E-state index in [0.717, 1.165) is 72.7 Å². The third kappa shape index (κ3) is 4.85. The van der Waals surface area contributed by atoms with Gasteiger partial charge in [-0.1, -0.05) is 18.2 Å². The molecule has 1 atom stereocenters. The van der Waals surface area contributed by atoms with Gasteiger partial charge in [0.25, 0.3) is 0 Å². The third-order valence-corrected chi connectivity index (χ3v) is 7.91. The summed E-state index contributed by atoms with van der Waals surface area (Å²) in [7, 11) is 8.53. The summed E-state index contributed by atoms with van der Waals surface area (Å²) in [5.41, 5.74) is 5.79. The Hall–Kier alpha value is -3.91. The molecule has 1 heterocycles. The largest absolute Gasteiger partial charge is 0.495 e. The fourth-order valence-electron chi connectivity index (χ4n) is 5.94. The number of methoxy groups -OCH3 is 4. The predicted octanol–water partition coefficient (Wildman–Crippen LogP) is 4.28. The second-order valence-corrected chi connectivity index (χ2v) is 9.80. The van der Waals surface area contributed by atoms with Gasteiger partial charge in [0, 0.05) is 37.8 Å². The van der Waals surface area contributed by atoms with Crippen molar-refractivity contribution in [1.82, 2.24) is 5.32 Å². The van der Waals surface area contributed by atoms with Gasteiger partial charge >= 0.3 is 0 Å². The number of hydrogen-bond donors (Lipinski definition) is 1. The van der Waals surface area contributed by atoms with Crippen molar-refractivity contribution in [2.75, 3.05) is 71.5 Å². The Morgan fingerprint density at radius 3 is 2.08 bits per heavy atom. The number of rotatable bonds is 7. The molecule has 1 aliphatic heterocycles. The van der Waals surface area contributed by atoms with Gasteiger partial charge in [0.2, 0.25) is 11.2 Å². The van der Waals surface area contributed by atoms with Gasteiger partial charge in [-0.3, -0.25) is 4.79 Å². The lowest BCUT2D eigenvalue weighted by Gasteiger charge is -2.37. The van der Waals surface area contributed by atoms with E-state index in [0.29, 0.717) is 22.9 Å². The Bertz CT molecular complexity index is 1400. The highest BCUT2D eigenvalue weighted by atomic mass is 16.5. The molecule has 0 radical (unpaired) electrons. The molecule has 0 aromatic heterocycles. The smallest absolute Gasteiger partial charge is 0.203 e. The summed E-state index contributed by atoms with van der Waals surface area (Å²) >= 11 is 0. The second kappa shape index (κ2) is 11.5. The van der Waals surface area contributed by atoms with Crippen LogP contribution in [0.2, 0.25) is 0 Å². The van der Waals surface area contributed by atoms with Gasteiger partial charge in [-0.15, -0.1) is 0 Å². The fourth-order valence-corrected chi connectivity index (χ4v) is 5.94. The molecule has 1 fully saturated rings. The molecular weight excluding hydrogens is 494 g/mol. The lowest BCUT2D eigenvalue weighted by Crippen LogP contribution is -2.47. The molecule has 1 saturated heterocycles. The molecule has 0 amide bonds. The standard InChI is InChI=1S/C31H37N3O5/c1-32-23-12-10-20-18-28(37-3)30(38-4)31(39-5)29(20)21-11-13-24(26(35)19-22(21)23)33-14-16-34(17-15-33)25-8-6-7-9-27(25)36-2/h6-9,11,13,18-19,23,32H,10,12,14-17H2,1-5H3/t23-/m1/s1. The Morgan fingerprint density at radius 1 is 0.769 bits per heavy atom. The number of nitrogens with zero attached hydrogens (tertiary/aromatic N) is 2. The lowest BCUT2D eigenvalue weighted by atomic mass is 9.95. The minimum atomic E-state index is 0.0180. The average molecular weight is 532 g/mol. The molecule has 1 N–H and O–H groups in total. The van der Waals surface area contributed by atoms with Gasteiger partial charge in [-0.25, -0.2) is 0 Å². The van der Waals surface area contributed by atoms with Crippen LogP contribution in [0.25, 0.3) is 11.1 Å². The molecule has 0 saturated carbocycles. The molecule has 3 aromatic rings. The van der Waals surface area contributed by atoms with Crippen LogP contribution in [-0.2, 0) is 6.42 Å². The zero-order chi connectivity index (χ0) is 27.5. The van der Waals surface area contributed by atoms with Crippen molar-refractivity contribution >= 4 is 11.4 Å². The first-order valence-electron chi connectivity index (χ1n) is 13.3. The predicted molar refractivity (Wildman–Crippen MR) is 155 cm³/mol. The van der Waals surface area contributed by atoms with E-state index in [1.54, 1.807) is 28.4 Å². The summed E-state index contributed by atoms with van der Waals surface area (Å²) in [5, 5.41) is 3.43. The first-order valence-corrected chi connectivity index (χ1v) is 13.3. The highest BCUT2D eigenvalue weighted by molar-refractivity contribution is 5.83. The molecule has 0 bridgehead atoms. The first-order chi connectivity index (χ1) is 19.0. The number of benzene rings is 2. The highest BCUT2D eigenvalue weighted by Gasteiger charge is 2.29. The maximum absolute atomic E-state index is 13.7. The maximum atomic E-state index is 13.7. The van der Waals surface area contributed by atoms with Crippen LogP contribution in [0.15, 0.2) is 53.3 Å². The van der Waals surface area contributed by atoms with Crippen LogP contribution < -0.4 is 39.5 Å². The summed E-state index contributed by atoms with van der Waals surface area (Å²) in [6, 6.07) is 16.0. The summed E-state index contributed by atoms with van der Waals surface area (Å²) in [4.78, 5) is 18.2. The summed E-state index contributed by atoms with van der Waals surface area (Å²) in [5.74, 6) is 2.67. The number of para-hydroxylation sites is 2. The number of aryl methyl sites for hydroxylation is 1. The molecule has 2 aliphatic rings. The Kier molecular flexibility index (Phi) is 7.84. The normalized spacial score (nSPS) is 16.6. The molecule has 5 rings (SSSR count). The van der Waals surface area contributed by atoms with E-state index in [4.69, 9.17) is 18.9 Å². The van der Waals surface area contributed by atoms with E-state index < -0.39 is 0 Å². The van der Waals surface area contributed by atoms with Gasteiger partial charge in [0.15, 0.2) is 11.5 Å². The molecular formula is C31H37N3O5. The topological polar surface area (TPSA) is 72.5 Å². The van der Waals surface area contributed by atoms with Gasteiger partial charge in [0.1, 0.15) is 5.75 Å². The van der Waals surface area contributed by atoms with Crippen molar-refractivity contribution < 1.29 is 18.9 Å². The van der Waals surface area contributed by atoms with Crippen molar-refractivity contribution in [3.63, 3.8) is 0 Å². The Morgan fingerprint density at radius 2 is 1.44 bits per heavy atom. The lowest BCUT2D eigenvalue weighted by molar-refractivity contribution is 0.324. The molecule has 0 unspecified atom stereocenters. The average Bonchev–Trinajstić information content (AvgIpc) is 3.23. The van der Waals surface area contributed by atoms with E-state index in [1.165, 1.54) is 0 Å². The summed E-state index contributed by atoms with van der Waals surface area (Å²) in [6.07, 6.45) is 1.65. The zero-order valence-electron chi connectivity index (χ0n) is 23.4. The van der Waals surface area contributed by atoms with E-state index in [-0.39, 0.29) is 11.5 Å². The van der Waals surface area contributed by atoms with Crippen molar-refractivity contribution in [2.24, 2.45) is 0 Å². The third-order valence-electron chi connectivity index (χ3n) is 7.91. The SMILES string of the molecule is CN[C@@H]1CCc2cc(OC)c(OC)c(OC)c2-c2ccc(N3CCN(c4ccccc4OC)CC3)c(=O)cc21. The maximum Gasteiger partial charge on any atom is 0.203 e. The Balaban J connectivity index is 1.56. The minimum Gasteiger partial charge on any atom is -0.495 e. The molecule has 39 heavy (non-hydrogen) atoms. The minimum absolute atomic E-state index is 0.0180. The summed E-state index contributed by atoms with van der Waals surface area (Å²) < 4.78 is 22.8. The zero-order valence-corrected chi connectivity index (χ0v) is 23.4. The van der Waals surface area contributed by atoms with Crippen molar-refractivity contribution in [2.45, 2.75) is 18.9 Å². The number of nitrogens with one attached hydrogen (secondary N) is 1. The van der Waals surface area contributed by atoms with Gasteiger partial charge in [-0.2, -0.15) is 0 Å². The fraction of sp³-hybridized carbons (Fsp3) is 0.387. The molecule has 3 aromatic carbocycles. The number of fused-ring (bicyclic) bond motifs is 3. The van der Waals surface area contributed by atoms with Crippen LogP contribution in [0.4, 0.5) is 11.4 Å². The number of hydrogen-bond acceptors (Lipinski definition) is 8. The molecule has 1 aliphatic carbocycles. The van der Waals surface area contributed by atoms with Crippen LogP contribution in [0.3, 0.4) is 0 Å². The van der Waals surface area contributed by atoms with Gasteiger partial charge in [-0.05, 0) is 66.9 Å². The molecule has 8 nitrogen and oxygen atoms in total. The van der Waals surface area contributed by atoms with Gasteiger partial charge in [0.05, 0.1) is 39.8 Å². The van der Waals surface area contributed by atoms with Crippen molar-refractivity contribution in [1.29, 1.82) is 0 Å². The number of ether oxygens (including phenoxy) is 4. The van der Waals surface area contributed by atoms with E-state index in [1.807, 2.05) is 43.4 Å². The van der Waals surface area contributed by atoms with Crippen LogP contribution in [0.5, 0.6) is 23.0 Å². The summed E-state index contributed by atoms with van der Waals surface area (Å²) in [6.45, 7) is 3.07. The Labute approximate surface area is 230 Å². The number of anilines is 2. The van der Waals surface area contributed by atoms with Crippen molar-refractivity contribution in [3.8, 4) is 34.1 Å². The number of piperazine rings is 1. The van der Waals surface area contributed by atoms with E-state index in [2.05, 4.69) is 27.2 Å². The van der Waals surface area contributed by atoms with Crippen LogP contribution in [0, 0.1) is 0 Å². The van der Waals surface area contributed by atoms with Crippen LogP contribution >= 0.6 is 0 Å². The van der Waals surface area contributed by atoms with E-state index in [9.17, 15) is 4.79 Å². The molecule has 206 valence electrons. The van der Waals surface area contributed by atoms with Crippen LogP contribution in [0.1, 0.15) is 23.6 Å². The van der Waals surface area contributed by atoms with Crippen molar-refractivity contribution in [3.05, 3.63) is 69.9 Å². The monoisotopic (exact) mass is 531 g/mol. The molecule has 0 spiro atoms. The second-order valence-electron chi connectivity index (χ2n) is 9.80.